The second-order valence-electron chi connectivity index (χ2n) is 5.27. The topological polar surface area (TPSA) is 47.6 Å². The Bertz CT molecular complexity index is 716. The van der Waals surface area contributed by atoms with Gasteiger partial charge in [-0.2, -0.15) is 0 Å². The van der Waals surface area contributed by atoms with Gasteiger partial charge in [0.25, 0.3) is 0 Å². The molecule has 1 atom stereocenters. The third-order valence-corrected chi connectivity index (χ3v) is 4.03. The van der Waals surface area contributed by atoms with E-state index in [4.69, 9.17) is 21.1 Å². The van der Waals surface area contributed by atoms with Crippen molar-refractivity contribution in [2.75, 3.05) is 14.2 Å². The molecule has 2 aromatic rings. The smallest absolute Gasteiger partial charge is 0.225 e. The molecule has 0 spiro atoms. The highest BCUT2D eigenvalue weighted by atomic mass is 35.5. The highest BCUT2D eigenvalue weighted by molar-refractivity contribution is 6.31. The first-order valence-electron chi connectivity index (χ1n) is 7.40. The summed E-state index contributed by atoms with van der Waals surface area (Å²) in [6, 6.07) is 9.33. The minimum atomic E-state index is -0.496. The van der Waals surface area contributed by atoms with E-state index in [-0.39, 0.29) is 29.0 Å². The van der Waals surface area contributed by atoms with Crippen LogP contribution in [0.4, 0.5) is 4.39 Å². The minimum Gasteiger partial charge on any atom is -0.497 e. The highest BCUT2D eigenvalue weighted by Gasteiger charge is 2.17. The van der Waals surface area contributed by atoms with Crippen molar-refractivity contribution in [3.8, 4) is 11.5 Å². The summed E-state index contributed by atoms with van der Waals surface area (Å²) >= 11 is 5.96. The second kappa shape index (κ2) is 8.02. The van der Waals surface area contributed by atoms with Gasteiger partial charge >= 0.3 is 0 Å². The van der Waals surface area contributed by atoms with Gasteiger partial charge in [-0.3, -0.25) is 4.79 Å². The van der Waals surface area contributed by atoms with E-state index in [0.717, 1.165) is 5.56 Å². The first kappa shape index (κ1) is 18.1. The number of nitrogens with one attached hydrogen (secondary N) is 1. The molecule has 24 heavy (non-hydrogen) atoms. The van der Waals surface area contributed by atoms with Gasteiger partial charge in [0.15, 0.2) is 0 Å². The number of methoxy groups -OCH3 is 2. The number of hydrogen-bond acceptors (Lipinski definition) is 3. The fourth-order valence-corrected chi connectivity index (χ4v) is 2.64. The number of rotatable bonds is 6. The minimum absolute atomic E-state index is 0.137. The Morgan fingerprint density at radius 2 is 2.00 bits per heavy atom. The first-order chi connectivity index (χ1) is 11.5. The Labute approximate surface area is 145 Å². The molecule has 6 heteroatoms. The summed E-state index contributed by atoms with van der Waals surface area (Å²) in [6.45, 7) is 1.82. The molecular formula is C18H19ClFNO3. The zero-order valence-electron chi connectivity index (χ0n) is 13.7. The van der Waals surface area contributed by atoms with Crippen molar-refractivity contribution in [3.05, 3.63) is 58.4 Å². The van der Waals surface area contributed by atoms with Crippen molar-refractivity contribution in [1.82, 2.24) is 5.32 Å². The number of amides is 1. The number of benzene rings is 2. The van der Waals surface area contributed by atoms with E-state index in [9.17, 15) is 9.18 Å². The third-order valence-electron chi connectivity index (χ3n) is 3.68. The normalized spacial score (nSPS) is 11.7. The predicted molar refractivity (Wildman–Crippen MR) is 91.2 cm³/mol. The van der Waals surface area contributed by atoms with Gasteiger partial charge in [0.1, 0.15) is 17.3 Å². The van der Waals surface area contributed by atoms with Crippen LogP contribution < -0.4 is 14.8 Å². The highest BCUT2D eigenvalue weighted by Crippen LogP contribution is 2.29. The van der Waals surface area contributed by atoms with Crippen molar-refractivity contribution in [3.63, 3.8) is 0 Å². The van der Waals surface area contributed by atoms with Crippen molar-refractivity contribution in [2.24, 2.45) is 0 Å². The zero-order valence-corrected chi connectivity index (χ0v) is 14.5. The lowest BCUT2D eigenvalue weighted by Crippen LogP contribution is -2.28. The molecule has 2 rings (SSSR count). The molecule has 0 unspecified atom stereocenters. The lowest BCUT2D eigenvalue weighted by Gasteiger charge is -2.18. The van der Waals surface area contributed by atoms with Gasteiger partial charge in [-0.25, -0.2) is 4.39 Å². The van der Waals surface area contributed by atoms with Crippen molar-refractivity contribution in [1.29, 1.82) is 0 Å². The molecule has 0 bridgehead atoms. The summed E-state index contributed by atoms with van der Waals surface area (Å²) in [5.41, 5.74) is 0.950. The van der Waals surface area contributed by atoms with Gasteiger partial charge in [-0.1, -0.05) is 17.7 Å². The SMILES string of the molecule is COc1ccc(OC)c([C@H](C)NC(=O)Cc2c(F)cccc2Cl)c1. The van der Waals surface area contributed by atoms with Crippen LogP contribution in [0.25, 0.3) is 0 Å². The van der Waals surface area contributed by atoms with Crippen molar-refractivity contribution >= 4 is 17.5 Å². The van der Waals surface area contributed by atoms with Crippen LogP contribution in [0.3, 0.4) is 0 Å². The molecule has 1 N–H and O–H groups in total. The number of hydrogen-bond donors (Lipinski definition) is 1. The average Bonchev–Trinajstić information content (AvgIpc) is 2.57. The van der Waals surface area contributed by atoms with Gasteiger partial charge < -0.3 is 14.8 Å². The quantitative estimate of drug-likeness (QED) is 0.858. The van der Waals surface area contributed by atoms with E-state index in [2.05, 4.69) is 5.32 Å². The molecule has 4 nitrogen and oxygen atoms in total. The molecule has 0 radical (unpaired) electrons. The summed E-state index contributed by atoms with van der Waals surface area (Å²) in [5.74, 6) is 0.459. The van der Waals surface area contributed by atoms with Crippen LogP contribution >= 0.6 is 11.6 Å². The molecule has 0 saturated heterocycles. The number of carbonyl (C=O) groups is 1. The number of halogens is 2. The number of ether oxygens (including phenoxy) is 2. The fraction of sp³-hybridized carbons (Fsp3) is 0.278. The molecule has 0 saturated carbocycles. The monoisotopic (exact) mass is 351 g/mol. The molecule has 128 valence electrons. The van der Waals surface area contributed by atoms with E-state index in [0.29, 0.717) is 11.5 Å². The molecule has 0 aliphatic heterocycles. The molecular weight excluding hydrogens is 333 g/mol. The first-order valence-corrected chi connectivity index (χ1v) is 7.78. The zero-order chi connectivity index (χ0) is 17.7. The maximum Gasteiger partial charge on any atom is 0.225 e. The molecule has 1 amide bonds. The van der Waals surface area contributed by atoms with E-state index in [1.807, 2.05) is 6.92 Å². The fourth-order valence-electron chi connectivity index (χ4n) is 2.41. The Kier molecular flexibility index (Phi) is 6.04. The summed E-state index contributed by atoms with van der Waals surface area (Å²) in [4.78, 5) is 12.2. The third kappa shape index (κ3) is 4.17. The van der Waals surface area contributed by atoms with Crippen LogP contribution in [0.5, 0.6) is 11.5 Å². The largest absolute Gasteiger partial charge is 0.497 e. The van der Waals surface area contributed by atoms with Crippen LogP contribution in [-0.4, -0.2) is 20.1 Å². The maximum absolute atomic E-state index is 13.8. The molecule has 0 aromatic heterocycles. The van der Waals surface area contributed by atoms with Crippen molar-refractivity contribution in [2.45, 2.75) is 19.4 Å². The van der Waals surface area contributed by atoms with Crippen LogP contribution in [0, 0.1) is 5.82 Å². The molecule has 0 aliphatic rings. The van der Waals surface area contributed by atoms with Crippen LogP contribution in [-0.2, 0) is 11.2 Å². The summed E-state index contributed by atoms with van der Waals surface area (Å²) < 4.78 is 24.3. The second-order valence-corrected chi connectivity index (χ2v) is 5.68. The van der Waals surface area contributed by atoms with Gasteiger partial charge in [0.05, 0.1) is 26.7 Å². The molecule has 2 aromatic carbocycles. The maximum atomic E-state index is 13.8. The Hall–Kier alpha value is -2.27. The average molecular weight is 352 g/mol. The molecule has 0 heterocycles. The van der Waals surface area contributed by atoms with E-state index < -0.39 is 5.82 Å². The van der Waals surface area contributed by atoms with E-state index in [1.165, 1.54) is 12.1 Å². The molecule has 0 aliphatic carbocycles. The summed E-state index contributed by atoms with van der Waals surface area (Å²) in [5, 5.41) is 3.06. The Balaban J connectivity index is 2.14. The van der Waals surface area contributed by atoms with Gasteiger partial charge in [-0.15, -0.1) is 0 Å². The summed E-state index contributed by atoms with van der Waals surface area (Å²) in [7, 11) is 3.12. The standard InChI is InChI=1S/C18H19ClFNO3/c1-11(13-9-12(23-2)7-8-17(13)24-3)21-18(22)10-14-15(19)5-4-6-16(14)20/h4-9,11H,10H2,1-3H3,(H,21,22)/t11-/m0/s1. The lowest BCUT2D eigenvalue weighted by molar-refractivity contribution is -0.121. The van der Waals surface area contributed by atoms with Crippen LogP contribution in [0.2, 0.25) is 5.02 Å². The van der Waals surface area contributed by atoms with Gasteiger partial charge in [0.2, 0.25) is 5.91 Å². The van der Waals surface area contributed by atoms with E-state index >= 15 is 0 Å². The predicted octanol–water partition coefficient (Wildman–Crippen LogP) is 3.92. The van der Waals surface area contributed by atoms with Crippen LogP contribution in [0.15, 0.2) is 36.4 Å². The number of carbonyl (C=O) groups excluding carboxylic acids is 1. The van der Waals surface area contributed by atoms with E-state index in [1.54, 1.807) is 38.5 Å². The molecule has 0 fully saturated rings. The van der Waals surface area contributed by atoms with Gasteiger partial charge in [0, 0.05) is 16.1 Å². The van der Waals surface area contributed by atoms with Crippen LogP contribution in [0.1, 0.15) is 24.1 Å². The lowest BCUT2D eigenvalue weighted by atomic mass is 10.1. The Morgan fingerprint density at radius 3 is 2.62 bits per heavy atom. The van der Waals surface area contributed by atoms with Crippen molar-refractivity contribution < 1.29 is 18.7 Å². The summed E-state index contributed by atoms with van der Waals surface area (Å²) in [6.07, 6.45) is -0.137. The Morgan fingerprint density at radius 1 is 1.25 bits per heavy atom. The van der Waals surface area contributed by atoms with Gasteiger partial charge in [-0.05, 0) is 37.3 Å².